The van der Waals surface area contributed by atoms with E-state index in [1.165, 1.54) is 51.3 Å². The van der Waals surface area contributed by atoms with Crippen LogP contribution in [0.5, 0.6) is 0 Å². The first-order chi connectivity index (χ1) is 16.5. The molecule has 0 amide bonds. The van der Waals surface area contributed by atoms with Gasteiger partial charge >= 0.3 is 7.60 Å². The molecule has 0 aliphatic rings. The van der Waals surface area contributed by atoms with Crippen LogP contribution in [0.4, 0.5) is 5.82 Å². The van der Waals surface area contributed by atoms with Crippen molar-refractivity contribution >= 4 is 49.8 Å². The number of hydrogen-bond donors (Lipinski definition) is 5. The van der Waals surface area contributed by atoms with Crippen LogP contribution in [0.1, 0.15) is 90.9 Å². The third-order valence-electron chi connectivity index (χ3n) is 6.08. The van der Waals surface area contributed by atoms with Crippen molar-refractivity contribution in [1.29, 1.82) is 0 Å². The lowest BCUT2D eigenvalue weighted by Gasteiger charge is -2.30. The Balaban J connectivity index is 1.80. The SMILES string of the molecule is CCCCCCCCCCCCC(S)(S)C[C@H](O[C@H](C)Cn1cnc2c(N)ncnc21)P(=O)(O)O. The number of aromatic nitrogens is 4. The highest BCUT2D eigenvalue weighted by Crippen LogP contribution is 2.48. The molecule has 0 spiro atoms. The number of nitrogens with zero attached hydrogens (tertiary/aromatic N) is 4. The van der Waals surface area contributed by atoms with E-state index >= 15 is 0 Å². The molecule has 0 fully saturated rings. The highest BCUT2D eigenvalue weighted by atomic mass is 32.2. The van der Waals surface area contributed by atoms with Gasteiger partial charge in [0.05, 0.1) is 23.1 Å². The average Bonchev–Trinajstić information content (AvgIpc) is 3.18. The van der Waals surface area contributed by atoms with Crippen LogP contribution in [-0.4, -0.2) is 45.3 Å². The number of imidazole rings is 1. The molecule has 0 saturated heterocycles. The van der Waals surface area contributed by atoms with Crippen molar-refractivity contribution in [2.45, 2.75) is 113 Å². The third-order valence-corrected chi connectivity index (χ3v) is 7.95. The lowest BCUT2D eigenvalue weighted by atomic mass is 10.0. The van der Waals surface area contributed by atoms with Crippen LogP contribution in [0.15, 0.2) is 12.7 Å². The molecule has 2 heterocycles. The van der Waals surface area contributed by atoms with Gasteiger partial charge < -0.3 is 24.8 Å². The molecule has 2 rings (SSSR count). The summed E-state index contributed by atoms with van der Waals surface area (Å²) in [6, 6.07) is 0. The number of ether oxygens (including phenoxy) is 1. The monoisotopic (exact) mass is 547 g/mol. The van der Waals surface area contributed by atoms with Crippen molar-refractivity contribution in [3.05, 3.63) is 12.7 Å². The van der Waals surface area contributed by atoms with Crippen molar-refractivity contribution < 1.29 is 19.1 Å². The second-order valence-electron chi connectivity index (χ2n) is 9.44. The van der Waals surface area contributed by atoms with E-state index in [0.29, 0.717) is 24.1 Å². The van der Waals surface area contributed by atoms with Crippen LogP contribution < -0.4 is 5.73 Å². The molecule has 2 aromatic heterocycles. The number of nitrogen functional groups attached to an aromatic ring is 1. The Kier molecular flexibility index (Phi) is 12.8. The zero-order valence-electron chi connectivity index (χ0n) is 20.9. The fourth-order valence-electron chi connectivity index (χ4n) is 4.14. The summed E-state index contributed by atoms with van der Waals surface area (Å²) in [7, 11) is -4.53. The van der Waals surface area contributed by atoms with Crippen molar-refractivity contribution in [2.75, 3.05) is 5.73 Å². The van der Waals surface area contributed by atoms with Crippen molar-refractivity contribution in [2.24, 2.45) is 0 Å². The van der Waals surface area contributed by atoms with Gasteiger partial charge in [0.1, 0.15) is 11.8 Å². The van der Waals surface area contributed by atoms with Gasteiger partial charge in [0.25, 0.3) is 0 Å². The maximum absolute atomic E-state index is 12.2. The summed E-state index contributed by atoms with van der Waals surface area (Å²) in [5.74, 6) is -1.03. The number of anilines is 1. The van der Waals surface area contributed by atoms with Gasteiger partial charge in [-0.25, -0.2) is 15.0 Å². The normalized spacial score (nSPS) is 14.5. The molecule has 0 radical (unpaired) electrons. The van der Waals surface area contributed by atoms with Crippen LogP contribution >= 0.6 is 32.9 Å². The number of fused-ring (bicyclic) bond motifs is 1. The van der Waals surface area contributed by atoms with Gasteiger partial charge in [0.15, 0.2) is 17.3 Å². The van der Waals surface area contributed by atoms with Crippen LogP contribution in [0.3, 0.4) is 0 Å². The summed E-state index contributed by atoms with van der Waals surface area (Å²) in [6.07, 6.45) is 15.3. The summed E-state index contributed by atoms with van der Waals surface area (Å²) in [4.78, 5) is 32.2. The largest absolute Gasteiger partial charge is 0.382 e. The van der Waals surface area contributed by atoms with Gasteiger partial charge in [-0.05, 0) is 13.3 Å². The molecule has 0 aliphatic heterocycles. The molecule has 12 heteroatoms. The average molecular weight is 548 g/mol. The predicted molar refractivity (Wildman–Crippen MR) is 148 cm³/mol. The number of nitrogens with two attached hydrogens (primary N) is 1. The smallest absolute Gasteiger partial charge is 0.354 e. The molecule has 0 unspecified atom stereocenters. The Bertz CT molecular complexity index is 940. The summed E-state index contributed by atoms with van der Waals surface area (Å²) < 4.78 is 18.9. The van der Waals surface area contributed by atoms with E-state index < -0.39 is 23.6 Å². The van der Waals surface area contributed by atoms with Crippen LogP contribution in [0.2, 0.25) is 0 Å². The fourth-order valence-corrected chi connectivity index (χ4v) is 6.00. The number of unbranched alkanes of at least 4 members (excludes halogenated alkanes) is 9. The Morgan fingerprint density at radius 2 is 1.66 bits per heavy atom. The van der Waals surface area contributed by atoms with Gasteiger partial charge in [-0.2, -0.15) is 25.3 Å². The van der Waals surface area contributed by atoms with E-state index in [9.17, 15) is 14.4 Å². The number of hydrogen-bond acceptors (Lipinski definition) is 8. The van der Waals surface area contributed by atoms with E-state index in [1.54, 1.807) is 17.8 Å². The first kappa shape index (κ1) is 30.4. The van der Waals surface area contributed by atoms with Crippen LogP contribution in [0.25, 0.3) is 11.2 Å². The second-order valence-corrected chi connectivity index (χ2v) is 13.3. The summed E-state index contributed by atoms with van der Waals surface area (Å²) in [5, 5.41) is 0. The van der Waals surface area contributed by atoms with Crippen molar-refractivity contribution in [3.63, 3.8) is 0 Å². The Morgan fingerprint density at radius 3 is 2.26 bits per heavy atom. The predicted octanol–water partition coefficient (Wildman–Crippen LogP) is 5.57. The van der Waals surface area contributed by atoms with Gasteiger partial charge in [-0.3, -0.25) is 4.57 Å². The van der Waals surface area contributed by atoms with E-state index in [0.717, 1.165) is 19.3 Å². The molecular weight excluding hydrogens is 505 g/mol. The van der Waals surface area contributed by atoms with E-state index in [-0.39, 0.29) is 12.2 Å². The van der Waals surface area contributed by atoms with Gasteiger partial charge in [0, 0.05) is 6.42 Å². The molecule has 2 atom stereocenters. The summed E-state index contributed by atoms with van der Waals surface area (Å²) >= 11 is 9.23. The summed E-state index contributed by atoms with van der Waals surface area (Å²) in [6.45, 7) is 4.28. The third kappa shape index (κ3) is 11.0. The molecular formula is C23H42N5O4PS2. The van der Waals surface area contributed by atoms with Crippen LogP contribution in [-0.2, 0) is 15.8 Å². The van der Waals surface area contributed by atoms with Gasteiger partial charge in [-0.15, -0.1) is 0 Å². The molecule has 2 aromatic rings. The van der Waals surface area contributed by atoms with Crippen LogP contribution in [0, 0.1) is 0 Å². The maximum atomic E-state index is 12.2. The minimum absolute atomic E-state index is 0.0328. The first-order valence-corrected chi connectivity index (χ1v) is 15.2. The molecule has 4 N–H and O–H groups in total. The molecule has 35 heavy (non-hydrogen) atoms. The van der Waals surface area contributed by atoms with E-state index in [4.69, 9.17) is 10.5 Å². The Morgan fingerprint density at radius 1 is 1.06 bits per heavy atom. The molecule has 0 bridgehead atoms. The highest BCUT2D eigenvalue weighted by Gasteiger charge is 2.37. The minimum atomic E-state index is -4.53. The van der Waals surface area contributed by atoms with E-state index in [1.807, 2.05) is 0 Å². The van der Waals surface area contributed by atoms with Gasteiger partial charge in [0.2, 0.25) is 0 Å². The zero-order chi connectivity index (χ0) is 25.9. The number of thiol groups is 2. The highest BCUT2D eigenvalue weighted by molar-refractivity contribution is 8.00. The standard InChI is InChI=1S/C23H42N5O4PS2/c1-3-4-5-6-7-8-9-10-11-12-13-23(34,35)14-19(33(29,30)31)32-18(2)15-28-17-27-20-21(24)25-16-26-22(20)28/h16-19,34-35H,3-15H2,1-2H3,(H2,24,25,26)(H2,29,30,31)/t18-,19-/m1/s1. The quantitative estimate of drug-likeness (QED) is 0.0707. The molecule has 0 saturated carbocycles. The fraction of sp³-hybridized carbons (Fsp3) is 0.783. The van der Waals surface area contributed by atoms with Crippen molar-refractivity contribution in [3.8, 4) is 0 Å². The minimum Gasteiger partial charge on any atom is -0.382 e. The van der Waals surface area contributed by atoms with E-state index in [2.05, 4.69) is 47.1 Å². The molecule has 0 aromatic carbocycles. The Labute approximate surface area is 220 Å². The van der Waals surface area contributed by atoms with Crippen molar-refractivity contribution in [1.82, 2.24) is 19.5 Å². The zero-order valence-corrected chi connectivity index (χ0v) is 23.6. The topological polar surface area (TPSA) is 136 Å². The first-order valence-electron chi connectivity index (χ1n) is 12.6. The summed E-state index contributed by atoms with van der Waals surface area (Å²) in [5.41, 5.74) is 6.85. The maximum Gasteiger partial charge on any atom is 0.354 e. The second kappa shape index (κ2) is 14.8. The lowest BCUT2D eigenvalue weighted by molar-refractivity contribution is 0.0139. The Hall–Kier alpha value is -0.840. The number of rotatable bonds is 18. The molecule has 9 nitrogen and oxygen atoms in total. The van der Waals surface area contributed by atoms with Gasteiger partial charge in [-0.1, -0.05) is 71.1 Å². The molecule has 200 valence electrons. The molecule has 0 aliphatic carbocycles. The lowest BCUT2D eigenvalue weighted by Crippen LogP contribution is -2.29.